The van der Waals surface area contributed by atoms with E-state index in [-0.39, 0.29) is 11.8 Å². The summed E-state index contributed by atoms with van der Waals surface area (Å²) in [7, 11) is 0. The van der Waals surface area contributed by atoms with Gasteiger partial charge in [0.25, 0.3) is 11.8 Å². The van der Waals surface area contributed by atoms with Gasteiger partial charge in [0.15, 0.2) is 0 Å². The smallest absolute Gasteiger partial charge is 0.271 e. The summed E-state index contributed by atoms with van der Waals surface area (Å²) >= 11 is 3.44. The second-order valence-electron chi connectivity index (χ2n) is 7.49. The van der Waals surface area contributed by atoms with E-state index in [9.17, 15) is 9.59 Å². The number of carbonyl (C=O) groups excluding carboxylic acids is 2. The Hall–Kier alpha value is -3.77. The minimum absolute atomic E-state index is 0.0000273. The van der Waals surface area contributed by atoms with Gasteiger partial charge in [0.2, 0.25) is 0 Å². The molecule has 5 rings (SSSR count). The van der Waals surface area contributed by atoms with Crippen LogP contribution in [-0.2, 0) is 6.54 Å². The Morgan fingerprint density at radius 2 is 1.69 bits per heavy atom. The maximum Gasteiger partial charge on any atom is 0.271 e. The van der Waals surface area contributed by atoms with Gasteiger partial charge in [-0.1, -0.05) is 70.5 Å². The Kier molecular flexibility index (Phi) is 5.29. The summed E-state index contributed by atoms with van der Waals surface area (Å²) in [6.07, 6.45) is 1.59. The fraction of sp³-hybridized carbons (Fsp3) is 0.0385. The molecular formula is C26H18BrN3O2. The predicted octanol–water partition coefficient (Wildman–Crippen LogP) is 5.53. The van der Waals surface area contributed by atoms with Crippen molar-refractivity contribution in [2.24, 2.45) is 5.10 Å². The molecule has 1 aliphatic heterocycles. The first-order valence-electron chi connectivity index (χ1n) is 10.1. The first-order chi connectivity index (χ1) is 15.6. The number of halogens is 1. The molecule has 0 saturated carbocycles. The van der Waals surface area contributed by atoms with Gasteiger partial charge in [-0.25, -0.2) is 5.43 Å². The quantitative estimate of drug-likeness (QED) is 0.299. The summed E-state index contributed by atoms with van der Waals surface area (Å²) in [6.45, 7) is 0.439. The standard InChI is InChI=1S/C26H18BrN3O2/c27-22-9-2-1-5-20(22)15-28-29-25(31)19-13-11-17(12-14-19)16-30-23-10-4-7-18-6-3-8-21(24(18)23)26(30)32/h1-15H,16H2,(H,29,31). The van der Waals surface area contributed by atoms with E-state index in [4.69, 9.17) is 0 Å². The van der Waals surface area contributed by atoms with Crippen molar-refractivity contribution in [3.63, 3.8) is 0 Å². The molecule has 0 aromatic heterocycles. The molecule has 1 heterocycles. The molecule has 4 aromatic carbocycles. The van der Waals surface area contributed by atoms with Crippen LogP contribution in [-0.4, -0.2) is 18.0 Å². The molecule has 5 nitrogen and oxygen atoms in total. The van der Waals surface area contributed by atoms with Gasteiger partial charge in [-0.2, -0.15) is 5.10 Å². The highest BCUT2D eigenvalue weighted by atomic mass is 79.9. The van der Waals surface area contributed by atoms with E-state index >= 15 is 0 Å². The van der Waals surface area contributed by atoms with Crippen molar-refractivity contribution in [1.82, 2.24) is 5.43 Å². The summed E-state index contributed by atoms with van der Waals surface area (Å²) in [5, 5.41) is 6.09. The van der Waals surface area contributed by atoms with Gasteiger partial charge in [-0.3, -0.25) is 9.59 Å². The second-order valence-corrected chi connectivity index (χ2v) is 8.34. The Balaban J connectivity index is 1.29. The molecule has 1 N–H and O–H groups in total. The number of anilines is 1. The Labute approximate surface area is 193 Å². The summed E-state index contributed by atoms with van der Waals surface area (Å²) in [5.41, 5.74) is 6.51. The highest BCUT2D eigenvalue weighted by Crippen LogP contribution is 2.37. The summed E-state index contributed by atoms with van der Waals surface area (Å²) in [5.74, 6) is -0.297. The van der Waals surface area contributed by atoms with E-state index in [2.05, 4.69) is 26.5 Å². The van der Waals surface area contributed by atoms with Crippen LogP contribution in [0.5, 0.6) is 0 Å². The predicted molar refractivity (Wildman–Crippen MR) is 130 cm³/mol. The van der Waals surface area contributed by atoms with E-state index in [1.165, 1.54) is 0 Å². The molecule has 0 atom stereocenters. The topological polar surface area (TPSA) is 61.8 Å². The highest BCUT2D eigenvalue weighted by Gasteiger charge is 2.29. The molecule has 1 aliphatic rings. The molecule has 156 valence electrons. The molecule has 0 unspecified atom stereocenters. The molecule has 32 heavy (non-hydrogen) atoms. The molecule has 0 bridgehead atoms. The van der Waals surface area contributed by atoms with E-state index in [1.807, 2.05) is 72.8 Å². The lowest BCUT2D eigenvalue weighted by atomic mass is 10.1. The minimum Gasteiger partial charge on any atom is -0.303 e. The maximum atomic E-state index is 13.0. The van der Waals surface area contributed by atoms with E-state index in [0.717, 1.165) is 37.6 Å². The lowest BCUT2D eigenvalue weighted by Crippen LogP contribution is -2.26. The lowest BCUT2D eigenvalue weighted by Gasteiger charge is -2.18. The van der Waals surface area contributed by atoms with Gasteiger partial charge < -0.3 is 4.90 Å². The molecule has 0 aliphatic carbocycles. The van der Waals surface area contributed by atoms with Crippen molar-refractivity contribution < 1.29 is 9.59 Å². The summed E-state index contributed by atoms with van der Waals surface area (Å²) in [4.78, 5) is 27.1. The lowest BCUT2D eigenvalue weighted by molar-refractivity contribution is 0.0953. The average Bonchev–Trinajstić information content (AvgIpc) is 3.09. The zero-order chi connectivity index (χ0) is 22.1. The van der Waals surface area contributed by atoms with Crippen molar-refractivity contribution in [3.8, 4) is 0 Å². The SMILES string of the molecule is O=C(NN=Cc1ccccc1Br)c1ccc(CN2C(=O)c3cccc4cccc2c34)cc1. The number of rotatable bonds is 5. The Bertz CT molecular complexity index is 1370. The molecule has 0 saturated heterocycles. The van der Waals surface area contributed by atoms with Crippen LogP contribution in [0.25, 0.3) is 10.8 Å². The third-order valence-corrected chi connectivity index (χ3v) is 6.20. The molecule has 0 fully saturated rings. The molecule has 4 aromatic rings. The second kappa shape index (κ2) is 8.40. The first kappa shape index (κ1) is 20.2. The van der Waals surface area contributed by atoms with Crippen molar-refractivity contribution in [3.05, 3.63) is 112 Å². The summed E-state index contributed by atoms with van der Waals surface area (Å²) < 4.78 is 0.900. The molecule has 6 heteroatoms. The van der Waals surface area contributed by atoms with Crippen LogP contribution in [0.3, 0.4) is 0 Å². The first-order valence-corrected chi connectivity index (χ1v) is 10.9. The number of carbonyl (C=O) groups is 2. The number of hydrogen-bond donors (Lipinski definition) is 1. The third-order valence-electron chi connectivity index (χ3n) is 5.48. The molecule has 0 radical (unpaired) electrons. The van der Waals surface area contributed by atoms with Crippen LogP contribution in [0.1, 0.15) is 31.8 Å². The van der Waals surface area contributed by atoms with Crippen LogP contribution in [0.2, 0.25) is 0 Å². The van der Waals surface area contributed by atoms with Gasteiger partial charge in [-0.05, 0) is 41.3 Å². The van der Waals surface area contributed by atoms with Crippen molar-refractivity contribution in [1.29, 1.82) is 0 Å². The number of nitrogens with zero attached hydrogens (tertiary/aromatic N) is 2. The van der Waals surface area contributed by atoms with Gasteiger partial charge in [0, 0.05) is 26.5 Å². The number of hydrogen-bond acceptors (Lipinski definition) is 3. The van der Waals surface area contributed by atoms with Gasteiger partial charge >= 0.3 is 0 Å². The Morgan fingerprint density at radius 1 is 0.938 bits per heavy atom. The van der Waals surface area contributed by atoms with Gasteiger partial charge in [-0.15, -0.1) is 0 Å². The van der Waals surface area contributed by atoms with Crippen molar-refractivity contribution in [2.75, 3.05) is 4.90 Å². The van der Waals surface area contributed by atoms with Crippen molar-refractivity contribution in [2.45, 2.75) is 6.54 Å². The number of nitrogens with one attached hydrogen (secondary N) is 1. The minimum atomic E-state index is -0.297. The normalized spacial score (nSPS) is 12.7. The highest BCUT2D eigenvalue weighted by molar-refractivity contribution is 9.10. The summed E-state index contributed by atoms with van der Waals surface area (Å²) in [6, 6.07) is 26.6. The van der Waals surface area contributed by atoms with Gasteiger partial charge in [0.05, 0.1) is 18.4 Å². The maximum absolute atomic E-state index is 13.0. The van der Waals surface area contributed by atoms with Crippen LogP contribution < -0.4 is 10.3 Å². The zero-order valence-corrected chi connectivity index (χ0v) is 18.5. The number of benzene rings is 4. The van der Waals surface area contributed by atoms with Gasteiger partial charge in [0.1, 0.15) is 0 Å². The van der Waals surface area contributed by atoms with E-state index in [0.29, 0.717) is 12.1 Å². The Morgan fingerprint density at radius 3 is 2.47 bits per heavy atom. The van der Waals surface area contributed by atoms with Crippen LogP contribution in [0.15, 0.2) is 94.5 Å². The van der Waals surface area contributed by atoms with E-state index < -0.39 is 0 Å². The number of hydrazone groups is 1. The molecular weight excluding hydrogens is 466 g/mol. The largest absolute Gasteiger partial charge is 0.303 e. The fourth-order valence-electron chi connectivity index (χ4n) is 3.89. The van der Waals surface area contributed by atoms with Crippen LogP contribution in [0, 0.1) is 0 Å². The van der Waals surface area contributed by atoms with Crippen LogP contribution >= 0.6 is 15.9 Å². The number of amides is 2. The third kappa shape index (κ3) is 3.69. The zero-order valence-electron chi connectivity index (χ0n) is 17.0. The van der Waals surface area contributed by atoms with E-state index in [1.54, 1.807) is 23.2 Å². The average molecular weight is 484 g/mol. The molecule has 2 amide bonds. The van der Waals surface area contributed by atoms with Crippen molar-refractivity contribution >= 4 is 50.4 Å². The molecule has 0 spiro atoms. The fourth-order valence-corrected chi connectivity index (χ4v) is 4.27. The van der Waals surface area contributed by atoms with Crippen LogP contribution in [0.4, 0.5) is 5.69 Å². The monoisotopic (exact) mass is 483 g/mol.